The van der Waals surface area contributed by atoms with Crippen molar-refractivity contribution < 1.29 is 0 Å². The molecule has 3 aromatic carbocycles. The summed E-state index contributed by atoms with van der Waals surface area (Å²) in [5.41, 5.74) is 2.56. The number of nitrogens with one attached hydrogen (secondary N) is 2. The normalized spacial score (nSPS) is 15.4. The van der Waals surface area contributed by atoms with Crippen LogP contribution >= 0.6 is 0 Å². The summed E-state index contributed by atoms with van der Waals surface area (Å²) in [5, 5.41) is 23.6. The molecule has 45 heavy (non-hydrogen) atoms. The highest BCUT2D eigenvalue weighted by Crippen LogP contribution is 2.24. The number of hydrogen-bond acceptors (Lipinski definition) is 12. The smallest absolute Gasteiger partial charge is 0.243 e. The van der Waals surface area contributed by atoms with Gasteiger partial charge in [-0.2, -0.15) is 35.1 Å². The highest BCUT2D eigenvalue weighted by Gasteiger charge is 2.37. The Bertz CT molecular complexity index is 2020. The van der Waals surface area contributed by atoms with Crippen LogP contribution in [0.1, 0.15) is 5.82 Å². The van der Waals surface area contributed by atoms with Gasteiger partial charge in [-0.1, -0.05) is 61.2 Å². The van der Waals surface area contributed by atoms with E-state index in [-0.39, 0.29) is 41.2 Å². The van der Waals surface area contributed by atoms with Gasteiger partial charge in [0.15, 0.2) is 11.7 Å². The van der Waals surface area contributed by atoms with Crippen LogP contribution in [-0.2, 0) is 0 Å². The van der Waals surface area contributed by atoms with Crippen molar-refractivity contribution in [1.29, 1.82) is 5.41 Å². The number of rotatable bonds is 8. The summed E-state index contributed by atoms with van der Waals surface area (Å²) < 4.78 is 1.76. The van der Waals surface area contributed by atoms with E-state index in [4.69, 9.17) is 26.2 Å². The minimum absolute atomic E-state index is 0.124. The number of aromatic nitrogens is 3. The predicted molar refractivity (Wildman–Crippen MR) is 175 cm³/mol. The standard InChI is InChI=1S/C30H23N15/c1-19(43(17-31)21-13-7-3-8-14-21)23-35-28-37-24(25(41-32)34-20-11-5-2-6-12-20)38-30-40-26(39-29(36-23)45(28)30)27-42-33-18-44(27)22-15-9-4-10-16-22/h2-18,31H,1,32H2,(H,34,41). The maximum absolute atomic E-state index is 8.09. The zero-order chi connectivity index (χ0) is 30.8. The van der Waals surface area contributed by atoms with Gasteiger partial charge in [-0.05, 0) is 36.4 Å². The zero-order valence-electron chi connectivity index (χ0n) is 23.5. The second-order valence-corrected chi connectivity index (χ2v) is 9.49. The van der Waals surface area contributed by atoms with Gasteiger partial charge < -0.3 is 11.2 Å². The van der Waals surface area contributed by atoms with Crippen molar-refractivity contribution in [2.75, 3.05) is 10.2 Å². The van der Waals surface area contributed by atoms with Crippen molar-refractivity contribution in [3.8, 4) is 5.69 Å². The number of para-hydroxylation sites is 3. The van der Waals surface area contributed by atoms with Crippen molar-refractivity contribution >= 4 is 58.9 Å². The molecule has 0 spiro atoms. The maximum atomic E-state index is 8.09. The molecule has 3 aliphatic rings. The van der Waals surface area contributed by atoms with E-state index in [1.54, 1.807) is 15.8 Å². The molecule has 4 aromatic rings. The fourth-order valence-corrected chi connectivity index (χ4v) is 4.60. The summed E-state index contributed by atoms with van der Waals surface area (Å²) in [6.07, 6.45) is 2.71. The largest absolute Gasteiger partial charge is 0.336 e. The van der Waals surface area contributed by atoms with Gasteiger partial charge in [0.05, 0.1) is 12.0 Å². The Morgan fingerprint density at radius 3 is 2.13 bits per heavy atom. The van der Waals surface area contributed by atoms with Crippen molar-refractivity contribution in [3.05, 3.63) is 115 Å². The lowest BCUT2D eigenvalue weighted by molar-refractivity contribution is 0.826. The zero-order valence-corrected chi connectivity index (χ0v) is 23.5. The maximum Gasteiger partial charge on any atom is 0.243 e. The van der Waals surface area contributed by atoms with E-state index in [9.17, 15) is 0 Å². The Labute approximate surface area is 256 Å². The second-order valence-electron chi connectivity index (χ2n) is 9.49. The Hall–Kier alpha value is -6.90. The first-order valence-electron chi connectivity index (χ1n) is 13.6. The first kappa shape index (κ1) is 27.0. The number of anilines is 2. The van der Waals surface area contributed by atoms with Gasteiger partial charge >= 0.3 is 0 Å². The van der Waals surface area contributed by atoms with Crippen LogP contribution in [0.3, 0.4) is 0 Å². The molecule has 7 rings (SSSR count). The average Bonchev–Trinajstić information content (AvgIpc) is 3.59. The molecule has 1 aromatic heterocycles. The first-order chi connectivity index (χ1) is 22.1. The van der Waals surface area contributed by atoms with Crippen LogP contribution < -0.4 is 16.1 Å². The Balaban J connectivity index is 1.36. The van der Waals surface area contributed by atoms with Gasteiger partial charge in [0.1, 0.15) is 6.33 Å². The fraction of sp³-hybridized carbons (Fsp3) is 0. The lowest BCUT2D eigenvalue weighted by Gasteiger charge is -2.31. The van der Waals surface area contributed by atoms with E-state index < -0.39 is 0 Å². The highest BCUT2D eigenvalue weighted by molar-refractivity contribution is 6.50. The van der Waals surface area contributed by atoms with Crippen molar-refractivity contribution in [2.24, 2.45) is 40.9 Å². The molecule has 15 heteroatoms. The van der Waals surface area contributed by atoms with Crippen molar-refractivity contribution in [2.45, 2.75) is 0 Å². The van der Waals surface area contributed by atoms with Crippen LogP contribution in [0.2, 0.25) is 0 Å². The first-order valence-corrected chi connectivity index (χ1v) is 13.6. The van der Waals surface area contributed by atoms with Gasteiger partial charge in [-0.3, -0.25) is 14.9 Å². The van der Waals surface area contributed by atoms with E-state index >= 15 is 0 Å². The van der Waals surface area contributed by atoms with Gasteiger partial charge in [0.25, 0.3) is 0 Å². The molecule has 0 amide bonds. The van der Waals surface area contributed by atoms with E-state index in [1.165, 1.54) is 4.90 Å². The van der Waals surface area contributed by atoms with Crippen molar-refractivity contribution in [1.82, 2.24) is 19.7 Å². The van der Waals surface area contributed by atoms with E-state index in [0.29, 0.717) is 17.2 Å². The molecular weight excluding hydrogens is 570 g/mol. The van der Waals surface area contributed by atoms with Gasteiger partial charge in [-0.15, -0.1) is 10.2 Å². The fourth-order valence-electron chi connectivity index (χ4n) is 4.60. The molecule has 0 saturated heterocycles. The number of guanidine groups is 3. The molecule has 15 nitrogen and oxygen atoms in total. The van der Waals surface area contributed by atoms with Crippen LogP contribution in [0.15, 0.2) is 145 Å². The van der Waals surface area contributed by atoms with Crippen molar-refractivity contribution in [3.63, 3.8) is 0 Å². The lowest BCUT2D eigenvalue weighted by Crippen LogP contribution is -2.49. The SMILES string of the molecule is C=C(C1=NC2=NC(/C(=N/N)Nc3ccccc3)=NC3=NC(c4nncn4-c4ccccc4)=NC(=N1)N23)N(C=N)c1ccccc1. The predicted octanol–water partition coefficient (Wildman–Crippen LogP) is 3.23. The summed E-state index contributed by atoms with van der Waals surface area (Å²) in [7, 11) is 0. The lowest BCUT2D eigenvalue weighted by atomic mass is 10.2. The minimum atomic E-state index is 0.124. The summed E-state index contributed by atoms with van der Waals surface area (Å²) in [5.74, 6) is 7.33. The summed E-state index contributed by atoms with van der Waals surface area (Å²) >= 11 is 0. The van der Waals surface area contributed by atoms with Crippen LogP contribution in [0, 0.1) is 5.41 Å². The molecule has 4 N–H and O–H groups in total. The van der Waals surface area contributed by atoms with Crippen LogP contribution in [0.4, 0.5) is 11.4 Å². The Morgan fingerprint density at radius 1 is 0.800 bits per heavy atom. The summed E-state index contributed by atoms with van der Waals surface area (Å²) in [6.45, 7) is 4.19. The molecule has 0 bridgehead atoms. The number of hydrogen-bond donors (Lipinski definition) is 3. The third-order valence-corrected chi connectivity index (χ3v) is 6.71. The molecular formula is C30H23N15. The molecule has 218 valence electrons. The average molecular weight is 594 g/mol. The molecule has 0 saturated carbocycles. The summed E-state index contributed by atoms with van der Waals surface area (Å²) in [6, 6.07) is 28.2. The number of benzene rings is 3. The quantitative estimate of drug-likeness (QED) is 0.122. The Kier molecular flexibility index (Phi) is 6.84. The van der Waals surface area contributed by atoms with Crippen LogP contribution in [-0.4, -0.2) is 67.2 Å². The molecule has 3 aliphatic heterocycles. The van der Waals surface area contributed by atoms with Crippen LogP contribution in [0.5, 0.6) is 0 Å². The van der Waals surface area contributed by atoms with Gasteiger partial charge in [0.2, 0.25) is 35.4 Å². The van der Waals surface area contributed by atoms with E-state index in [2.05, 4.69) is 42.2 Å². The molecule has 4 heterocycles. The molecule has 0 aliphatic carbocycles. The van der Waals surface area contributed by atoms with E-state index in [1.807, 2.05) is 91.0 Å². The van der Waals surface area contributed by atoms with Gasteiger partial charge in [-0.25, -0.2) is 4.90 Å². The number of nitrogens with zero attached hydrogens (tertiary/aromatic N) is 12. The highest BCUT2D eigenvalue weighted by atomic mass is 15.5. The number of hydrazone groups is 1. The number of aliphatic imine (C=N–C) groups is 6. The Morgan fingerprint density at radius 2 is 1.42 bits per heavy atom. The summed E-state index contributed by atoms with van der Waals surface area (Å²) in [4.78, 5) is 31.2. The molecule has 0 radical (unpaired) electrons. The number of amidine groups is 4. The second kappa shape index (κ2) is 11.4. The number of nitrogens with two attached hydrogens (primary N) is 1. The third-order valence-electron chi connectivity index (χ3n) is 6.71. The molecule has 0 atom stereocenters. The third kappa shape index (κ3) is 5.05. The van der Waals surface area contributed by atoms with Crippen LogP contribution in [0.25, 0.3) is 5.69 Å². The van der Waals surface area contributed by atoms with Gasteiger partial charge in [0, 0.05) is 17.1 Å². The topological polar surface area (TPSA) is 186 Å². The minimum Gasteiger partial charge on any atom is -0.336 e. The monoisotopic (exact) mass is 593 g/mol. The molecule has 0 unspecified atom stereocenters. The molecule has 0 fully saturated rings. The van der Waals surface area contributed by atoms with E-state index in [0.717, 1.165) is 17.7 Å².